The Morgan fingerprint density at radius 2 is 1.96 bits per heavy atom. The Morgan fingerprint density at radius 3 is 2.65 bits per heavy atom. The fourth-order valence-electron chi connectivity index (χ4n) is 3.37. The lowest BCUT2D eigenvalue weighted by Crippen LogP contribution is -2.14. The van der Waals surface area contributed by atoms with E-state index in [0.29, 0.717) is 27.9 Å². The van der Waals surface area contributed by atoms with Crippen LogP contribution in [0.15, 0.2) is 28.9 Å². The van der Waals surface area contributed by atoms with Crippen LogP contribution in [0.1, 0.15) is 27.2 Å². The van der Waals surface area contributed by atoms with Crippen LogP contribution in [-0.2, 0) is 0 Å². The summed E-state index contributed by atoms with van der Waals surface area (Å²) >= 11 is 0. The summed E-state index contributed by atoms with van der Waals surface area (Å²) in [5, 5.41) is 11.7. The number of phenolic OH excluding ortho intramolecular Hbond substituents is 1. The number of fused-ring (bicyclic) bond motifs is 2. The molecule has 0 atom stereocenters. The summed E-state index contributed by atoms with van der Waals surface area (Å²) in [4.78, 5) is 16.7. The Morgan fingerprint density at radius 1 is 1.23 bits per heavy atom. The SMILES string of the molecule is Cc1cc2c(C(N)=O)c(N)n(-c3c(C)c(O)cc4occc34)c2nc1C. The number of carbonyl (C=O) groups excluding carboxylic acids is 1. The summed E-state index contributed by atoms with van der Waals surface area (Å²) in [6.45, 7) is 5.57. The zero-order valence-electron chi connectivity index (χ0n) is 14.6. The highest BCUT2D eigenvalue weighted by Gasteiger charge is 2.25. The van der Waals surface area contributed by atoms with E-state index in [4.69, 9.17) is 15.9 Å². The van der Waals surface area contributed by atoms with Crippen LogP contribution in [0.25, 0.3) is 27.7 Å². The van der Waals surface area contributed by atoms with Crippen LogP contribution in [0.3, 0.4) is 0 Å². The highest BCUT2D eigenvalue weighted by Crippen LogP contribution is 2.39. The number of pyridine rings is 1. The normalized spacial score (nSPS) is 11.5. The first kappa shape index (κ1) is 16.0. The van der Waals surface area contributed by atoms with Crippen LogP contribution in [0.4, 0.5) is 5.82 Å². The minimum atomic E-state index is -0.627. The van der Waals surface area contributed by atoms with E-state index in [1.807, 2.05) is 19.9 Å². The van der Waals surface area contributed by atoms with Crippen molar-refractivity contribution in [2.45, 2.75) is 20.8 Å². The molecule has 26 heavy (non-hydrogen) atoms. The number of aromatic hydroxyl groups is 1. The summed E-state index contributed by atoms with van der Waals surface area (Å²) in [5.41, 5.74) is 16.1. The molecule has 0 aliphatic rings. The van der Waals surface area contributed by atoms with Gasteiger partial charge in [-0.25, -0.2) is 4.98 Å². The molecule has 0 aliphatic heterocycles. The van der Waals surface area contributed by atoms with E-state index in [0.717, 1.165) is 16.6 Å². The van der Waals surface area contributed by atoms with Gasteiger partial charge in [0.2, 0.25) is 0 Å². The van der Waals surface area contributed by atoms with E-state index in [1.165, 1.54) is 6.26 Å². The number of nitrogens with zero attached hydrogens (tertiary/aromatic N) is 2. The Balaban J connectivity index is 2.26. The largest absolute Gasteiger partial charge is 0.507 e. The maximum absolute atomic E-state index is 12.1. The molecular formula is C19H18N4O3. The average molecular weight is 350 g/mol. The predicted molar refractivity (Wildman–Crippen MR) is 99.6 cm³/mol. The maximum atomic E-state index is 12.1. The molecule has 132 valence electrons. The first-order valence-corrected chi connectivity index (χ1v) is 8.09. The summed E-state index contributed by atoms with van der Waals surface area (Å²) in [6.07, 6.45) is 1.53. The number of aromatic nitrogens is 2. The van der Waals surface area contributed by atoms with Gasteiger partial charge in [-0.3, -0.25) is 9.36 Å². The van der Waals surface area contributed by atoms with Crippen LogP contribution in [0.2, 0.25) is 0 Å². The number of anilines is 1. The molecule has 1 amide bonds. The van der Waals surface area contributed by atoms with Crippen LogP contribution in [0, 0.1) is 20.8 Å². The Kier molecular flexibility index (Phi) is 3.24. The molecule has 0 saturated heterocycles. The minimum absolute atomic E-state index is 0.0631. The first-order valence-electron chi connectivity index (χ1n) is 8.09. The summed E-state index contributed by atoms with van der Waals surface area (Å²) in [5.74, 6) is -0.382. The van der Waals surface area contributed by atoms with Gasteiger partial charge in [0.1, 0.15) is 22.8 Å². The van der Waals surface area contributed by atoms with Crippen LogP contribution in [0.5, 0.6) is 5.75 Å². The number of amides is 1. The number of phenols is 1. The molecule has 7 nitrogen and oxygen atoms in total. The van der Waals surface area contributed by atoms with Gasteiger partial charge in [-0.1, -0.05) is 0 Å². The quantitative estimate of drug-likeness (QED) is 0.513. The van der Waals surface area contributed by atoms with Crippen molar-refractivity contribution in [2.24, 2.45) is 5.73 Å². The second kappa shape index (κ2) is 5.26. The van der Waals surface area contributed by atoms with Gasteiger partial charge < -0.3 is 21.0 Å². The molecule has 3 aromatic heterocycles. The predicted octanol–water partition coefficient (Wildman–Crippen LogP) is 3.08. The molecule has 0 saturated carbocycles. The number of primary amides is 1. The van der Waals surface area contributed by atoms with Crippen molar-refractivity contribution >= 4 is 33.7 Å². The third kappa shape index (κ3) is 2.00. The van der Waals surface area contributed by atoms with Gasteiger partial charge in [0.15, 0.2) is 0 Å². The number of nitrogens with two attached hydrogens (primary N) is 2. The van der Waals surface area contributed by atoms with E-state index in [1.54, 1.807) is 23.6 Å². The van der Waals surface area contributed by atoms with Crippen molar-refractivity contribution in [3.05, 3.63) is 46.8 Å². The molecule has 4 aromatic rings. The number of hydrogen-bond donors (Lipinski definition) is 3. The molecule has 4 rings (SSSR count). The standard InChI is InChI=1S/C19H18N4O3/c1-8-6-12-15(18(21)25)17(20)23(19(12)22-10(8)3)16-9(2)13(24)7-14-11(16)4-5-26-14/h4-7,24H,20H2,1-3H3,(H2,21,25). The molecule has 0 unspecified atom stereocenters. The van der Waals surface area contributed by atoms with Crippen molar-refractivity contribution in [3.8, 4) is 11.4 Å². The first-order chi connectivity index (χ1) is 12.3. The molecule has 0 aliphatic carbocycles. The third-order valence-corrected chi connectivity index (χ3v) is 4.85. The van der Waals surface area contributed by atoms with E-state index in [2.05, 4.69) is 4.98 Å². The average Bonchev–Trinajstić information content (AvgIpc) is 3.12. The molecule has 0 fully saturated rings. The van der Waals surface area contributed by atoms with Crippen LogP contribution >= 0.6 is 0 Å². The number of rotatable bonds is 2. The Labute approximate surface area is 148 Å². The van der Waals surface area contributed by atoms with E-state index >= 15 is 0 Å². The van der Waals surface area contributed by atoms with Gasteiger partial charge in [0.05, 0.1) is 17.5 Å². The molecule has 7 heteroatoms. The lowest BCUT2D eigenvalue weighted by atomic mass is 10.1. The molecule has 0 bridgehead atoms. The highest BCUT2D eigenvalue weighted by molar-refractivity contribution is 6.11. The van der Waals surface area contributed by atoms with Crippen LogP contribution in [-0.4, -0.2) is 20.6 Å². The van der Waals surface area contributed by atoms with Crippen molar-refractivity contribution in [1.82, 2.24) is 9.55 Å². The second-order valence-corrected chi connectivity index (χ2v) is 6.42. The van der Waals surface area contributed by atoms with Gasteiger partial charge in [-0.15, -0.1) is 0 Å². The monoisotopic (exact) mass is 350 g/mol. The number of furan rings is 1. The third-order valence-electron chi connectivity index (χ3n) is 4.85. The van der Waals surface area contributed by atoms with E-state index in [-0.39, 0.29) is 17.1 Å². The van der Waals surface area contributed by atoms with Crippen LogP contribution < -0.4 is 11.5 Å². The van der Waals surface area contributed by atoms with Gasteiger partial charge in [0, 0.05) is 28.1 Å². The molecule has 0 spiro atoms. The summed E-state index contributed by atoms with van der Waals surface area (Å²) < 4.78 is 7.10. The molecule has 1 aromatic carbocycles. The summed E-state index contributed by atoms with van der Waals surface area (Å²) in [6, 6.07) is 5.19. The van der Waals surface area contributed by atoms with Gasteiger partial charge in [-0.2, -0.15) is 0 Å². The Bertz CT molecular complexity index is 1220. The van der Waals surface area contributed by atoms with E-state index < -0.39 is 5.91 Å². The number of carbonyl (C=O) groups is 1. The second-order valence-electron chi connectivity index (χ2n) is 6.42. The Hall–Kier alpha value is -3.48. The van der Waals surface area contributed by atoms with E-state index in [9.17, 15) is 9.90 Å². The summed E-state index contributed by atoms with van der Waals surface area (Å²) in [7, 11) is 0. The zero-order chi connectivity index (χ0) is 18.7. The van der Waals surface area contributed by atoms with Crippen molar-refractivity contribution < 1.29 is 14.3 Å². The van der Waals surface area contributed by atoms with Crippen molar-refractivity contribution in [2.75, 3.05) is 5.73 Å². The van der Waals surface area contributed by atoms with Gasteiger partial charge in [0.25, 0.3) is 5.91 Å². The number of benzene rings is 1. The lowest BCUT2D eigenvalue weighted by molar-refractivity contribution is 0.100. The number of nitrogen functional groups attached to an aromatic ring is 1. The fraction of sp³-hybridized carbons (Fsp3) is 0.158. The smallest absolute Gasteiger partial charge is 0.253 e. The maximum Gasteiger partial charge on any atom is 0.253 e. The minimum Gasteiger partial charge on any atom is -0.507 e. The molecule has 0 radical (unpaired) electrons. The number of hydrogen-bond acceptors (Lipinski definition) is 5. The fourth-order valence-corrected chi connectivity index (χ4v) is 3.37. The highest BCUT2D eigenvalue weighted by atomic mass is 16.3. The number of aryl methyl sites for hydroxylation is 2. The topological polar surface area (TPSA) is 120 Å². The van der Waals surface area contributed by atoms with Gasteiger partial charge in [-0.05, 0) is 38.5 Å². The van der Waals surface area contributed by atoms with Crippen molar-refractivity contribution in [1.29, 1.82) is 0 Å². The zero-order valence-corrected chi connectivity index (χ0v) is 14.6. The van der Waals surface area contributed by atoms with Gasteiger partial charge >= 0.3 is 0 Å². The lowest BCUT2D eigenvalue weighted by Gasteiger charge is -2.14. The molecule has 3 heterocycles. The van der Waals surface area contributed by atoms with Crippen molar-refractivity contribution in [3.63, 3.8) is 0 Å². The molecular weight excluding hydrogens is 332 g/mol. The molecule has 5 N–H and O–H groups in total.